The molecule has 4 rings (SSSR count). The van der Waals surface area contributed by atoms with Crippen molar-refractivity contribution in [3.8, 4) is 5.75 Å². The van der Waals surface area contributed by atoms with Crippen molar-refractivity contribution in [1.82, 2.24) is 24.6 Å². The van der Waals surface area contributed by atoms with E-state index in [1.54, 1.807) is 17.3 Å². The number of carbonyl (C=O) groups is 2. The molecule has 8 heteroatoms. The quantitative estimate of drug-likeness (QED) is 0.708. The zero-order valence-corrected chi connectivity index (χ0v) is 18.6. The predicted octanol–water partition coefficient (Wildman–Crippen LogP) is 2.04. The zero-order chi connectivity index (χ0) is 22.0. The van der Waals surface area contributed by atoms with Crippen molar-refractivity contribution >= 4 is 11.8 Å². The van der Waals surface area contributed by atoms with E-state index in [0.717, 1.165) is 42.9 Å². The van der Waals surface area contributed by atoms with Gasteiger partial charge in [0.05, 0.1) is 18.4 Å². The van der Waals surface area contributed by atoms with E-state index in [1.165, 1.54) is 0 Å². The van der Waals surface area contributed by atoms with Crippen LogP contribution in [0.4, 0.5) is 0 Å². The number of aromatic nitrogens is 3. The Hall–Kier alpha value is -2.90. The van der Waals surface area contributed by atoms with Gasteiger partial charge in [0.25, 0.3) is 0 Å². The smallest absolute Gasteiger partial charge is 0.245 e. The lowest BCUT2D eigenvalue weighted by Gasteiger charge is -2.27. The van der Waals surface area contributed by atoms with Crippen LogP contribution in [0.3, 0.4) is 0 Å². The second kappa shape index (κ2) is 9.08. The molecule has 166 valence electrons. The van der Waals surface area contributed by atoms with Crippen molar-refractivity contribution in [3.05, 3.63) is 41.5 Å². The molecule has 2 saturated heterocycles. The molecule has 0 radical (unpaired) electrons. The van der Waals surface area contributed by atoms with Gasteiger partial charge in [-0.15, -0.1) is 0 Å². The number of hydrogen-bond donors (Lipinski definition) is 0. The summed E-state index contributed by atoms with van der Waals surface area (Å²) in [6.07, 6.45) is 6.70. The average molecular weight is 426 g/mol. The van der Waals surface area contributed by atoms with Crippen molar-refractivity contribution in [2.45, 2.75) is 58.1 Å². The summed E-state index contributed by atoms with van der Waals surface area (Å²) in [7, 11) is 1.92. The van der Waals surface area contributed by atoms with Gasteiger partial charge in [-0.25, -0.2) is 0 Å². The summed E-state index contributed by atoms with van der Waals surface area (Å²) in [6, 6.07) is 3.21. The molecule has 2 amide bonds. The van der Waals surface area contributed by atoms with E-state index in [-0.39, 0.29) is 17.9 Å². The molecule has 0 aromatic carbocycles. The standard InChI is InChI=1S/C23H31N5O3/c1-16-20(17(2)26(3)25-16)8-9-22(29)28-15-19(31-18-7-6-10-24-14-18)13-21(28)23(30)27-11-4-5-12-27/h6-7,10,14,19,21H,4-5,8-9,11-13,15H2,1-3H3/t19-,21-/m0/s1. The normalized spacial score (nSPS) is 21.0. The van der Waals surface area contributed by atoms with Gasteiger partial charge in [-0.05, 0) is 50.8 Å². The maximum atomic E-state index is 13.2. The molecule has 8 nitrogen and oxygen atoms in total. The van der Waals surface area contributed by atoms with Crippen molar-refractivity contribution < 1.29 is 14.3 Å². The number of aryl methyl sites for hydroxylation is 2. The van der Waals surface area contributed by atoms with Gasteiger partial charge in [0.15, 0.2) is 0 Å². The maximum Gasteiger partial charge on any atom is 0.245 e. The lowest BCUT2D eigenvalue weighted by atomic mass is 10.1. The Labute approximate surface area is 183 Å². The minimum Gasteiger partial charge on any atom is -0.487 e. The Bertz CT molecular complexity index is 936. The van der Waals surface area contributed by atoms with Gasteiger partial charge in [-0.3, -0.25) is 19.3 Å². The van der Waals surface area contributed by atoms with E-state index in [9.17, 15) is 9.59 Å². The number of hydrogen-bond acceptors (Lipinski definition) is 5. The van der Waals surface area contributed by atoms with Crippen LogP contribution in [-0.2, 0) is 23.1 Å². The number of amides is 2. The van der Waals surface area contributed by atoms with E-state index in [2.05, 4.69) is 10.1 Å². The SMILES string of the molecule is Cc1nn(C)c(C)c1CCC(=O)N1C[C@@H](Oc2cccnc2)C[C@H]1C(=O)N1CCCC1. The van der Waals surface area contributed by atoms with Crippen molar-refractivity contribution in [1.29, 1.82) is 0 Å². The van der Waals surface area contributed by atoms with Crippen LogP contribution in [0, 0.1) is 13.8 Å². The third-order valence-corrected chi connectivity index (χ3v) is 6.47. The number of pyridine rings is 1. The van der Waals surface area contributed by atoms with E-state index in [0.29, 0.717) is 31.6 Å². The lowest BCUT2D eigenvalue weighted by Crippen LogP contribution is -2.47. The van der Waals surface area contributed by atoms with Crippen LogP contribution in [0.15, 0.2) is 24.5 Å². The predicted molar refractivity (Wildman–Crippen MR) is 116 cm³/mol. The van der Waals surface area contributed by atoms with Gasteiger partial charge in [0.2, 0.25) is 11.8 Å². The average Bonchev–Trinajstić information content (AvgIpc) is 3.48. The fourth-order valence-corrected chi connectivity index (χ4v) is 4.70. The largest absolute Gasteiger partial charge is 0.487 e. The van der Waals surface area contributed by atoms with Crippen LogP contribution >= 0.6 is 0 Å². The van der Waals surface area contributed by atoms with E-state index < -0.39 is 6.04 Å². The van der Waals surface area contributed by atoms with Crippen LogP contribution in [0.25, 0.3) is 0 Å². The molecule has 0 aliphatic carbocycles. The first kappa shape index (κ1) is 21.3. The molecule has 0 saturated carbocycles. The minimum atomic E-state index is -0.455. The van der Waals surface area contributed by atoms with Crippen molar-refractivity contribution in [2.75, 3.05) is 19.6 Å². The fourth-order valence-electron chi connectivity index (χ4n) is 4.70. The number of likely N-dealkylation sites (tertiary alicyclic amines) is 2. The molecule has 2 aliphatic heterocycles. The molecular formula is C23H31N5O3. The molecule has 2 atom stereocenters. The summed E-state index contributed by atoms with van der Waals surface area (Å²) in [4.78, 5) is 34.2. The molecule has 0 spiro atoms. The van der Waals surface area contributed by atoms with Crippen molar-refractivity contribution in [3.63, 3.8) is 0 Å². The van der Waals surface area contributed by atoms with Gasteiger partial charge < -0.3 is 14.5 Å². The van der Waals surface area contributed by atoms with Crippen LogP contribution in [0.5, 0.6) is 5.75 Å². The molecule has 0 unspecified atom stereocenters. The highest BCUT2D eigenvalue weighted by atomic mass is 16.5. The number of ether oxygens (including phenoxy) is 1. The third kappa shape index (κ3) is 4.57. The zero-order valence-electron chi connectivity index (χ0n) is 18.6. The van der Waals surface area contributed by atoms with Crippen molar-refractivity contribution in [2.24, 2.45) is 7.05 Å². The summed E-state index contributed by atoms with van der Waals surface area (Å²) >= 11 is 0. The molecule has 31 heavy (non-hydrogen) atoms. The first-order chi connectivity index (χ1) is 14.9. The Kier molecular flexibility index (Phi) is 6.25. The van der Waals surface area contributed by atoms with Crippen LogP contribution in [0.2, 0.25) is 0 Å². The van der Waals surface area contributed by atoms with E-state index >= 15 is 0 Å². The Morgan fingerprint density at radius 2 is 2.00 bits per heavy atom. The van der Waals surface area contributed by atoms with Crippen LogP contribution in [0.1, 0.15) is 42.6 Å². The Morgan fingerprint density at radius 3 is 2.65 bits per heavy atom. The third-order valence-electron chi connectivity index (χ3n) is 6.47. The molecule has 2 aliphatic rings. The second-order valence-corrected chi connectivity index (χ2v) is 8.53. The second-order valence-electron chi connectivity index (χ2n) is 8.53. The first-order valence-electron chi connectivity index (χ1n) is 11.1. The molecule has 4 heterocycles. The maximum absolute atomic E-state index is 13.2. The van der Waals surface area contributed by atoms with E-state index in [1.807, 2.05) is 42.6 Å². The first-order valence-corrected chi connectivity index (χ1v) is 11.1. The van der Waals surface area contributed by atoms with E-state index in [4.69, 9.17) is 4.74 Å². The molecule has 2 aromatic rings. The van der Waals surface area contributed by atoms with Gasteiger partial charge in [0.1, 0.15) is 17.9 Å². The molecular weight excluding hydrogens is 394 g/mol. The fraction of sp³-hybridized carbons (Fsp3) is 0.565. The highest BCUT2D eigenvalue weighted by Gasteiger charge is 2.42. The summed E-state index contributed by atoms with van der Waals surface area (Å²) in [6.45, 7) is 5.97. The molecule has 2 fully saturated rings. The number of carbonyl (C=O) groups excluding carboxylic acids is 2. The topological polar surface area (TPSA) is 80.6 Å². The van der Waals surface area contributed by atoms with Crippen LogP contribution in [-0.4, -0.2) is 68.2 Å². The highest BCUT2D eigenvalue weighted by Crippen LogP contribution is 2.27. The van der Waals surface area contributed by atoms with Crippen LogP contribution < -0.4 is 4.74 Å². The van der Waals surface area contributed by atoms with Gasteiger partial charge in [-0.2, -0.15) is 5.10 Å². The Balaban J connectivity index is 1.47. The molecule has 0 bridgehead atoms. The van der Waals surface area contributed by atoms with Gasteiger partial charge >= 0.3 is 0 Å². The Morgan fingerprint density at radius 1 is 1.23 bits per heavy atom. The highest BCUT2D eigenvalue weighted by molar-refractivity contribution is 5.88. The molecule has 2 aromatic heterocycles. The molecule has 0 N–H and O–H groups in total. The monoisotopic (exact) mass is 425 g/mol. The lowest BCUT2D eigenvalue weighted by molar-refractivity contribution is -0.143. The van der Waals surface area contributed by atoms with Gasteiger partial charge in [-0.1, -0.05) is 0 Å². The van der Waals surface area contributed by atoms with Gasteiger partial charge in [0, 0.05) is 44.9 Å². The summed E-state index contributed by atoms with van der Waals surface area (Å²) in [5.41, 5.74) is 3.14. The summed E-state index contributed by atoms with van der Waals surface area (Å²) < 4.78 is 7.91. The minimum absolute atomic E-state index is 0.00233. The summed E-state index contributed by atoms with van der Waals surface area (Å²) in [5.74, 6) is 0.713. The number of nitrogens with zero attached hydrogens (tertiary/aromatic N) is 5. The summed E-state index contributed by atoms with van der Waals surface area (Å²) in [5, 5.41) is 4.45. The number of rotatable bonds is 6.